The van der Waals surface area contributed by atoms with Gasteiger partial charge in [-0.2, -0.15) is 0 Å². The van der Waals surface area contributed by atoms with Crippen molar-refractivity contribution in [3.8, 4) is 5.75 Å². The highest BCUT2D eigenvalue weighted by molar-refractivity contribution is 9.10. The number of ether oxygens (including phenoxy) is 1. The molecule has 0 spiro atoms. The van der Waals surface area contributed by atoms with Crippen LogP contribution in [0.1, 0.15) is 5.56 Å². The molecule has 0 atom stereocenters. The van der Waals surface area contributed by atoms with E-state index >= 15 is 0 Å². The Labute approximate surface area is 84.5 Å². The van der Waals surface area contributed by atoms with Crippen LogP contribution >= 0.6 is 15.9 Å². The first-order chi connectivity index (χ1) is 6.20. The number of aliphatic hydroxyl groups is 1. The molecule has 1 N–H and O–H groups in total. The summed E-state index contributed by atoms with van der Waals surface area (Å²) in [4.78, 5) is 0. The molecule has 4 heteroatoms. The molecular weight excluding hydrogens is 239 g/mol. The van der Waals surface area contributed by atoms with Gasteiger partial charge in [-0.15, -0.1) is 0 Å². The van der Waals surface area contributed by atoms with Gasteiger partial charge in [-0.3, -0.25) is 0 Å². The lowest BCUT2D eigenvalue weighted by Gasteiger charge is -2.09. The lowest BCUT2D eigenvalue weighted by molar-refractivity contribution is 0.295. The van der Waals surface area contributed by atoms with Crippen LogP contribution in [0.15, 0.2) is 16.6 Å². The number of rotatable bonds is 3. The highest BCUT2D eigenvalue weighted by Gasteiger charge is 2.11. The van der Waals surface area contributed by atoms with Crippen molar-refractivity contribution >= 4 is 15.9 Å². The minimum Gasteiger partial charge on any atom is -0.493 e. The Balaban J connectivity index is 3.18. The summed E-state index contributed by atoms with van der Waals surface area (Å²) < 4.78 is 18.8. The van der Waals surface area contributed by atoms with Crippen molar-refractivity contribution in [2.45, 2.75) is 6.42 Å². The Hall–Kier alpha value is -0.610. The van der Waals surface area contributed by atoms with Gasteiger partial charge in [0.25, 0.3) is 0 Å². The molecule has 1 aromatic rings. The van der Waals surface area contributed by atoms with Gasteiger partial charge >= 0.3 is 0 Å². The van der Waals surface area contributed by atoms with Gasteiger partial charge in [0.1, 0.15) is 0 Å². The molecule has 13 heavy (non-hydrogen) atoms. The average Bonchev–Trinajstić information content (AvgIpc) is 2.12. The monoisotopic (exact) mass is 248 g/mol. The molecule has 1 aromatic carbocycles. The molecule has 0 saturated heterocycles. The van der Waals surface area contributed by atoms with Gasteiger partial charge in [-0.05, 0) is 12.1 Å². The Morgan fingerprint density at radius 3 is 2.77 bits per heavy atom. The van der Waals surface area contributed by atoms with E-state index in [-0.39, 0.29) is 12.4 Å². The van der Waals surface area contributed by atoms with Crippen LogP contribution in [0.3, 0.4) is 0 Å². The van der Waals surface area contributed by atoms with Crippen molar-refractivity contribution in [1.82, 2.24) is 0 Å². The first kappa shape index (κ1) is 10.5. The summed E-state index contributed by atoms with van der Waals surface area (Å²) in [7, 11) is 1.41. The quantitative estimate of drug-likeness (QED) is 0.889. The smallest absolute Gasteiger partial charge is 0.165 e. The minimum atomic E-state index is -0.408. The molecule has 72 valence electrons. The van der Waals surface area contributed by atoms with E-state index in [1.54, 1.807) is 6.07 Å². The maximum absolute atomic E-state index is 13.1. The number of benzene rings is 1. The topological polar surface area (TPSA) is 29.5 Å². The van der Waals surface area contributed by atoms with Crippen LogP contribution < -0.4 is 4.74 Å². The minimum absolute atomic E-state index is 0.0294. The average molecular weight is 249 g/mol. The molecule has 0 heterocycles. The molecule has 2 nitrogen and oxygen atoms in total. The first-order valence-electron chi connectivity index (χ1n) is 3.82. The normalized spacial score (nSPS) is 10.2. The summed E-state index contributed by atoms with van der Waals surface area (Å²) in [5, 5.41) is 8.76. The molecule has 0 unspecified atom stereocenters. The highest BCUT2D eigenvalue weighted by Crippen LogP contribution is 2.29. The fourth-order valence-electron chi connectivity index (χ4n) is 1.14. The van der Waals surface area contributed by atoms with Crippen LogP contribution in [0.2, 0.25) is 0 Å². The summed E-state index contributed by atoms with van der Waals surface area (Å²) in [6, 6.07) is 2.92. The number of hydrogen-bond acceptors (Lipinski definition) is 2. The zero-order valence-corrected chi connectivity index (χ0v) is 8.77. The first-order valence-corrected chi connectivity index (χ1v) is 4.61. The summed E-state index contributed by atoms with van der Waals surface area (Å²) in [6.45, 7) is -0.0294. The zero-order valence-electron chi connectivity index (χ0n) is 7.18. The van der Waals surface area contributed by atoms with Gasteiger partial charge in [0.2, 0.25) is 0 Å². The second-order valence-corrected chi connectivity index (χ2v) is 3.37. The second kappa shape index (κ2) is 4.58. The van der Waals surface area contributed by atoms with E-state index in [0.717, 1.165) is 4.47 Å². The summed E-state index contributed by atoms with van der Waals surface area (Å²) in [5.74, 6) is -0.211. The molecule has 0 fully saturated rings. The standard InChI is InChI=1S/C9H10BrFO2/c1-13-9-6(4-5-12)7(10)2-3-8(9)11/h2-3,12H,4-5H2,1H3. The van der Waals surface area contributed by atoms with Gasteiger partial charge in [0.15, 0.2) is 11.6 Å². The molecule has 0 aliphatic carbocycles. The van der Waals surface area contributed by atoms with E-state index in [0.29, 0.717) is 12.0 Å². The summed E-state index contributed by atoms with van der Waals surface area (Å²) in [6.07, 6.45) is 0.377. The number of halogens is 2. The van der Waals surface area contributed by atoms with Crippen LogP contribution in [-0.4, -0.2) is 18.8 Å². The second-order valence-electron chi connectivity index (χ2n) is 2.51. The molecule has 0 aliphatic rings. The molecule has 0 amide bonds. The van der Waals surface area contributed by atoms with Gasteiger partial charge in [-0.25, -0.2) is 4.39 Å². The van der Waals surface area contributed by atoms with Crippen LogP contribution in [0, 0.1) is 5.82 Å². The lowest BCUT2D eigenvalue weighted by atomic mass is 10.1. The van der Waals surface area contributed by atoms with Crippen molar-refractivity contribution in [2.24, 2.45) is 0 Å². The lowest BCUT2D eigenvalue weighted by Crippen LogP contribution is -1.99. The molecule has 0 bridgehead atoms. The van der Waals surface area contributed by atoms with Crippen molar-refractivity contribution in [1.29, 1.82) is 0 Å². The fourth-order valence-corrected chi connectivity index (χ4v) is 1.65. The highest BCUT2D eigenvalue weighted by atomic mass is 79.9. The largest absolute Gasteiger partial charge is 0.493 e. The van der Waals surface area contributed by atoms with Crippen LogP contribution in [0.4, 0.5) is 4.39 Å². The van der Waals surface area contributed by atoms with Gasteiger partial charge in [-0.1, -0.05) is 15.9 Å². The van der Waals surface area contributed by atoms with Gasteiger partial charge in [0, 0.05) is 23.1 Å². The third-order valence-electron chi connectivity index (χ3n) is 1.72. The Bertz CT molecular complexity index is 302. The predicted octanol–water partition coefficient (Wildman–Crippen LogP) is 2.13. The van der Waals surface area contributed by atoms with E-state index in [1.165, 1.54) is 13.2 Å². The SMILES string of the molecule is COc1c(F)ccc(Br)c1CCO. The van der Waals surface area contributed by atoms with Crippen LogP contribution in [0.25, 0.3) is 0 Å². The van der Waals surface area contributed by atoms with E-state index in [1.807, 2.05) is 0 Å². The predicted molar refractivity (Wildman–Crippen MR) is 51.4 cm³/mol. The third-order valence-corrected chi connectivity index (χ3v) is 2.46. The third kappa shape index (κ3) is 2.19. The molecular formula is C9H10BrFO2. The number of hydrogen-bond donors (Lipinski definition) is 1. The van der Waals surface area contributed by atoms with Crippen molar-refractivity contribution in [2.75, 3.05) is 13.7 Å². The zero-order chi connectivity index (χ0) is 9.84. The summed E-state index contributed by atoms with van der Waals surface area (Å²) in [5.41, 5.74) is 0.657. The van der Waals surface area contributed by atoms with Gasteiger partial charge < -0.3 is 9.84 Å². The molecule has 1 rings (SSSR count). The Morgan fingerprint density at radius 2 is 2.23 bits per heavy atom. The van der Waals surface area contributed by atoms with E-state index in [2.05, 4.69) is 15.9 Å². The van der Waals surface area contributed by atoms with E-state index in [4.69, 9.17) is 9.84 Å². The number of methoxy groups -OCH3 is 1. The summed E-state index contributed by atoms with van der Waals surface area (Å²) >= 11 is 3.27. The molecule has 0 aromatic heterocycles. The van der Waals surface area contributed by atoms with Crippen LogP contribution in [-0.2, 0) is 6.42 Å². The van der Waals surface area contributed by atoms with Crippen molar-refractivity contribution < 1.29 is 14.2 Å². The molecule has 0 aliphatic heterocycles. The Kier molecular flexibility index (Phi) is 3.69. The maximum Gasteiger partial charge on any atom is 0.165 e. The van der Waals surface area contributed by atoms with Gasteiger partial charge in [0.05, 0.1) is 7.11 Å². The maximum atomic E-state index is 13.1. The van der Waals surface area contributed by atoms with E-state index < -0.39 is 5.82 Å². The molecule has 0 saturated carbocycles. The van der Waals surface area contributed by atoms with Crippen molar-refractivity contribution in [3.05, 3.63) is 28.0 Å². The van der Waals surface area contributed by atoms with E-state index in [9.17, 15) is 4.39 Å². The number of aliphatic hydroxyl groups excluding tert-OH is 1. The van der Waals surface area contributed by atoms with Crippen molar-refractivity contribution in [3.63, 3.8) is 0 Å². The Morgan fingerprint density at radius 1 is 1.54 bits per heavy atom. The fraction of sp³-hybridized carbons (Fsp3) is 0.333. The van der Waals surface area contributed by atoms with Crippen LogP contribution in [0.5, 0.6) is 5.75 Å². The molecule has 0 radical (unpaired) electrons.